The molecule has 2 rings (SSSR count). The van der Waals surface area contributed by atoms with Gasteiger partial charge in [-0.2, -0.15) is 13.2 Å². The Hall–Kier alpha value is -2.37. The third-order valence-electron chi connectivity index (χ3n) is 2.57. The van der Waals surface area contributed by atoms with E-state index < -0.39 is 11.7 Å². The minimum Gasteiger partial charge on any atom is -0.325 e. The van der Waals surface area contributed by atoms with Crippen molar-refractivity contribution in [3.63, 3.8) is 0 Å². The largest absolute Gasteiger partial charge is 0.416 e. The fraction of sp³-hybridized carbons (Fsp3) is 0.143. The highest BCUT2D eigenvalue weighted by molar-refractivity contribution is 5.88. The van der Waals surface area contributed by atoms with E-state index >= 15 is 0 Å². The Kier molecular flexibility index (Phi) is 3.74. The number of hydrogen-bond acceptors (Lipinski definition) is 2. The molecule has 6 heteroatoms. The quantitative estimate of drug-likeness (QED) is 0.910. The van der Waals surface area contributed by atoms with Crippen molar-refractivity contribution in [2.75, 3.05) is 5.32 Å². The monoisotopic (exact) mass is 280 g/mol. The van der Waals surface area contributed by atoms with Gasteiger partial charge in [-0.05, 0) is 24.3 Å². The van der Waals surface area contributed by atoms with E-state index in [-0.39, 0.29) is 5.91 Å². The van der Waals surface area contributed by atoms with Gasteiger partial charge in [0.15, 0.2) is 0 Å². The number of aromatic nitrogens is 1. The molecule has 0 spiro atoms. The number of nitrogens with zero attached hydrogens (tertiary/aromatic N) is 1. The summed E-state index contributed by atoms with van der Waals surface area (Å²) >= 11 is 0. The van der Waals surface area contributed by atoms with Crippen LogP contribution >= 0.6 is 0 Å². The summed E-state index contributed by atoms with van der Waals surface area (Å²) in [6, 6.07) is 8.08. The Labute approximate surface area is 113 Å². The number of rotatable bonds is 2. The molecule has 0 atom stereocenters. The molecule has 0 unspecified atom stereocenters. The van der Waals surface area contributed by atoms with E-state index in [0.717, 1.165) is 12.1 Å². The van der Waals surface area contributed by atoms with Gasteiger partial charge in [0.25, 0.3) is 0 Å². The van der Waals surface area contributed by atoms with Crippen molar-refractivity contribution >= 4 is 11.6 Å². The van der Waals surface area contributed by atoms with Gasteiger partial charge < -0.3 is 5.32 Å². The molecule has 0 fully saturated rings. The smallest absolute Gasteiger partial charge is 0.325 e. The summed E-state index contributed by atoms with van der Waals surface area (Å²) in [6.45, 7) is 1.36. The van der Waals surface area contributed by atoms with Gasteiger partial charge in [0.05, 0.1) is 23.1 Å². The number of anilines is 1. The molecular weight excluding hydrogens is 269 g/mol. The van der Waals surface area contributed by atoms with E-state index in [2.05, 4.69) is 10.3 Å². The van der Waals surface area contributed by atoms with E-state index in [1.165, 1.54) is 19.2 Å². The first-order chi connectivity index (χ1) is 9.36. The van der Waals surface area contributed by atoms with Crippen LogP contribution in [0.1, 0.15) is 12.5 Å². The Morgan fingerprint density at radius 3 is 2.50 bits per heavy atom. The normalized spacial score (nSPS) is 11.2. The summed E-state index contributed by atoms with van der Waals surface area (Å²) in [5.74, 6) is -0.237. The van der Waals surface area contributed by atoms with E-state index in [4.69, 9.17) is 0 Å². The molecule has 0 saturated carbocycles. The molecule has 104 valence electrons. The van der Waals surface area contributed by atoms with Gasteiger partial charge in [-0.1, -0.05) is 12.1 Å². The average molecular weight is 280 g/mol. The lowest BCUT2D eigenvalue weighted by atomic mass is 10.1. The maximum Gasteiger partial charge on any atom is 0.416 e. The molecule has 0 radical (unpaired) electrons. The van der Waals surface area contributed by atoms with Gasteiger partial charge in [0.1, 0.15) is 0 Å². The fourth-order valence-corrected chi connectivity index (χ4v) is 1.70. The van der Waals surface area contributed by atoms with E-state index in [1.807, 2.05) is 0 Å². The minimum atomic E-state index is -4.38. The summed E-state index contributed by atoms with van der Waals surface area (Å²) in [5.41, 5.74) is 0.551. The molecule has 1 aromatic heterocycles. The molecule has 20 heavy (non-hydrogen) atoms. The zero-order valence-corrected chi connectivity index (χ0v) is 10.5. The number of hydrogen-bond donors (Lipinski definition) is 1. The molecule has 1 heterocycles. The number of amides is 1. The first-order valence-corrected chi connectivity index (χ1v) is 5.77. The van der Waals surface area contributed by atoms with Crippen molar-refractivity contribution < 1.29 is 18.0 Å². The lowest BCUT2D eigenvalue weighted by Gasteiger charge is -2.09. The van der Waals surface area contributed by atoms with Gasteiger partial charge in [-0.15, -0.1) is 0 Å². The van der Waals surface area contributed by atoms with Crippen molar-refractivity contribution in [2.45, 2.75) is 13.1 Å². The summed E-state index contributed by atoms with van der Waals surface area (Å²) in [4.78, 5) is 14.9. The number of halogens is 3. The molecule has 0 aliphatic rings. The van der Waals surface area contributed by atoms with Crippen LogP contribution in [0, 0.1) is 0 Å². The highest BCUT2D eigenvalue weighted by atomic mass is 19.4. The Morgan fingerprint density at radius 2 is 1.95 bits per heavy atom. The molecule has 3 nitrogen and oxygen atoms in total. The lowest BCUT2D eigenvalue weighted by Crippen LogP contribution is -2.06. The minimum absolute atomic E-state index is 0.237. The second-order valence-corrected chi connectivity index (χ2v) is 4.19. The number of alkyl halides is 3. The van der Waals surface area contributed by atoms with Crippen molar-refractivity contribution in [2.24, 2.45) is 0 Å². The topological polar surface area (TPSA) is 42.0 Å². The van der Waals surface area contributed by atoms with Crippen LogP contribution in [0.5, 0.6) is 0 Å². The van der Waals surface area contributed by atoms with E-state index in [1.54, 1.807) is 18.2 Å². The zero-order valence-electron chi connectivity index (χ0n) is 10.5. The summed E-state index contributed by atoms with van der Waals surface area (Å²) in [5, 5.41) is 2.54. The lowest BCUT2D eigenvalue weighted by molar-refractivity contribution is -0.137. The van der Waals surface area contributed by atoms with Crippen molar-refractivity contribution in [3.8, 4) is 11.3 Å². The number of carbonyl (C=O) groups excluding carboxylic acids is 1. The van der Waals surface area contributed by atoms with Crippen LogP contribution in [0.4, 0.5) is 18.9 Å². The first kappa shape index (κ1) is 14.0. The molecular formula is C14H11F3N2O. The van der Waals surface area contributed by atoms with Crippen LogP contribution in [-0.2, 0) is 11.0 Å². The highest BCUT2D eigenvalue weighted by Gasteiger charge is 2.30. The summed E-state index contributed by atoms with van der Waals surface area (Å²) in [7, 11) is 0. The van der Waals surface area contributed by atoms with Gasteiger partial charge in [-0.3, -0.25) is 9.78 Å². The second kappa shape index (κ2) is 5.32. The van der Waals surface area contributed by atoms with E-state index in [9.17, 15) is 18.0 Å². The predicted octanol–water partition coefficient (Wildman–Crippen LogP) is 3.73. The number of pyridine rings is 1. The summed E-state index contributed by atoms with van der Waals surface area (Å²) < 4.78 is 37.9. The van der Waals surface area contributed by atoms with Crippen LogP contribution in [0.25, 0.3) is 11.3 Å². The van der Waals surface area contributed by atoms with Gasteiger partial charge in [0.2, 0.25) is 5.91 Å². The Morgan fingerprint density at radius 1 is 1.20 bits per heavy atom. The third kappa shape index (κ3) is 3.34. The molecule has 2 aromatic rings. The third-order valence-corrected chi connectivity index (χ3v) is 2.57. The fourth-order valence-electron chi connectivity index (χ4n) is 1.70. The highest BCUT2D eigenvalue weighted by Crippen LogP contribution is 2.31. The number of benzene rings is 1. The predicted molar refractivity (Wildman–Crippen MR) is 69.0 cm³/mol. The number of nitrogens with one attached hydrogen (secondary N) is 1. The summed E-state index contributed by atoms with van der Waals surface area (Å²) in [6.07, 6.45) is -2.98. The maximum absolute atomic E-state index is 12.6. The van der Waals surface area contributed by atoms with Gasteiger partial charge >= 0.3 is 6.18 Å². The molecule has 1 N–H and O–H groups in total. The van der Waals surface area contributed by atoms with Crippen LogP contribution in [-0.4, -0.2) is 10.9 Å². The maximum atomic E-state index is 12.6. The van der Waals surface area contributed by atoms with Crippen LogP contribution in [0.3, 0.4) is 0 Å². The zero-order chi connectivity index (χ0) is 14.8. The van der Waals surface area contributed by atoms with Gasteiger partial charge in [-0.25, -0.2) is 0 Å². The van der Waals surface area contributed by atoms with Crippen LogP contribution < -0.4 is 5.32 Å². The van der Waals surface area contributed by atoms with Crippen LogP contribution in [0.2, 0.25) is 0 Å². The molecule has 0 bridgehead atoms. The first-order valence-electron chi connectivity index (χ1n) is 5.77. The van der Waals surface area contributed by atoms with Gasteiger partial charge in [0, 0.05) is 12.5 Å². The number of carbonyl (C=O) groups is 1. The van der Waals surface area contributed by atoms with Crippen molar-refractivity contribution in [1.82, 2.24) is 4.98 Å². The molecule has 0 aliphatic carbocycles. The van der Waals surface area contributed by atoms with Crippen LogP contribution in [0.15, 0.2) is 42.6 Å². The molecule has 1 amide bonds. The Bertz CT molecular complexity index is 621. The SMILES string of the molecule is CC(=O)Nc1ccc(-c2cccc(C(F)(F)F)c2)nc1. The standard InChI is InChI=1S/C14H11F3N2O/c1-9(20)19-12-5-6-13(18-8-12)10-3-2-4-11(7-10)14(15,16)17/h2-8H,1H3,(H,19,20). The molecule has 1 aromatic carbocycles. The Balaban J connectivity index is 2.30. The van der Waals surface area contributed by atoms with Crippen molar-refractivity contribution in [3.05, 3.63) is 48.2 Å². The molecule has 0 saturated heterocycles. The average Bonchev–Trinajstić information content (AvgIpc) is 2.38. The van der Waals surface area contributed by atoms with Crippen molar-refractivity contribution in [1.29, 1.82) is 0 Å². The molecule has 0 aliphatic heterocycles. The van der Waals surface area contributed by atoms with E-state index in [0.29, 0.717) is 16.9 Å². The second-order valence-electron chi connectivity index (χ2n) is 4.19.